The zero-order valence-electron chi connectivity index (χ0n) is 12.1. The maximum Gasteiger partial charge on any atom is 0.106 e. The highest BCUT2D eigenvalue weighted by molar-refractivity contribution is 9.10. The zero-order valence-corrected chi connectivity index (χ0v) is 13.7. The van der Waals surface area contributed by atoms with Gasteiger partial charge in [0.1, 0.15) is 4.60 Å². The second-order valence-electron chi connectivity index (χ2n) is 4.90. The summed E-state index contributed by atoms with van der Waals surface area (Å²) >= 11 is 3.40. The Morgan fingerprint density at radius 3 is 2.53 bits per heavy atom. The molecule has 0 unspecified atom stereocenters. The first-order valence-corrected chi connectivity index (χ1v) is 7.88. The standard InChI is InChI=1S/C16H24BrNO/c1-4-13(14-10-7-11-15(17)18-14)9-8-12-16(19,5-2)6-3/h7,9-11,19H,4-6,8,12H2,1-3H3/b13-9-. The Hall–Kier alpha value is -0.670. The fraction of sp³-hybridized carbons (Fsp3) is 0.562. The van der Waals surface area contributed by atoms with Crippen molar-refractivity contribution in [3.05, 3.63) is 34.6 Å². The summed E-state index contributed by atoms with van der Waals surface area (Å²) in [5.74, 6) is 0. The van der Waals surface area contributed by atoms with Crippen LogP contribution < -0.4 is 0 Å². The molecule has 1 rings (SSSR count). The fourth-order valence-electron chi connectivity index (χ4n) is 2.14. The summed E-state index contributed by atoms with van der Waals surface area (Å²) in [5, 5.41) is 10.3. The van der Waals surface area contributed by atoms with Gasteiger partial charge in [-0.1, -0.05) is 32.9 Å². The summed E-state index contributed by atoms with van der Waals surface area (Å²) in [6.07, 6.45) is 6.51. The topological polar surface area (TPSA) is 33.1 Å². The quantitative estimate of drug-likeness (QED) is 0.718. The van der Waals surface area contributed by atoms with Crippen LogP contribution in [0.15, 0.2) is 28.9 Å². The number of allylic oxidation sites excluding steroid dienone is 2. The van der Waals surface area contributed by atoms with Crippen molar-refractivity contribution in [3.63, 3.8) is 0 Å². The van der Waals surface area contributed by atoms with E-state index in [1.807, 2.05) is 32.0 Å². The number of aromatic nitrogens is 1. The molecule has 0 bridgehead atoms. The van der Waals surface area contributed by atoms with Crippen molar-refractivity contribution in [1.29, 1.82) is 0 Å². The van der Waals surface area contributed by atoms with Gasteiger partial charge in [0.25, 0.3) is 0 Å². The SMILES string of the molecule is CC/C(=C/CCC(O)(CC)CC)c1cccc(Br)n1. The van der Waals surface area contributed by atoms with E-state index in [1.54, 1.807) is 0 Å². The molecule has 0 aliphatic carbocycles. The van der Waals surface area contributed by atoms with Crippen LogP contribution in [0.3, 0.4) is 0 Å². The molecule has 3 heteroatoms. The Bertz CT molecular complexity index is 425. The third kappa shape index (κ3) is 5.07. The number of hydrogen-bond acceptors (Lipinski definition) is 2. The van der Waals surface area contributed by atoms with Crippen molar-refractivity contribution in [2.75, 3.05) is 0 Å². The minimum atomic E-state index is -0.514. The van der Waals surface area contributed by atoms with Crippen LogP contribution in [0.1, 0.15) is 58.6 Å². The first-order valence-electron chi connectivity index (χ1n) is 7.09. The van der Waals surface area contributed by atoms with Gasteiger partial charge in [0.15, 0.2) is 0 Å². The largest absolute Gasteiger partial charge is 0.390 e. The highest BCUT2D eigenvalue weighted by Crippen LogP contribution is 2.24. The van der Waals surface area contributed by atoms with Crippen molar-refractivity contribution < 1.29 is 5.11 Å². The second kappa shape index (κ2) is 7.81. The molecule has 0 saturated carbocycles. The Balaban J connectivity index is 2.73. The van der Waals surface area contributed by atoms with E-state index in [4.69, 9.17) is 0 Å². The molecule has 1 N–H and O–H groups in total. The Kier molecular flexibility index (Phi) is 6.73. The number of halogens is 1. The molecule has 0 aliphatic rings. The third-order valence-corrected chi connectivity index (χ3v) is 4.18. The molecule has 0 atom stereocenters. The van der Waals surface area contributed by atoms with E-state index in [9.17, 15) is 5.11 Å². The number of rotatable bonds is 7. The molecular weight excluding hydrogens is 302 g/mol. The molecule has 1 aromatic heterocycles. The summed E-state index contributed by atoms with van der Waals surface area (Å²) in [6.45, 7) is 6.23. The molecule has 1 heterocycles. The highest BCUT2D eigenvalue weighted by Gasteiger charge is 2.20. The average Bonchev–Trinajstić information content (AvgIpc) is 2.43. The van der Waals surface area contributed by atoms with Gasteiger partial charge in [-0.05, 0) is 65.7 Å². The van der Waals surface area contributed by atoms with Gasteiger partial charge in [-0.15, -0.1) is 0 Å². The molecule has 0 aliphatic heterocycles. The van der Waals surface area contributed by atoms with Crippen molar-refractivity contribution in [3.8, 4) is 0 Å². The minimum absolute atomic E-state index is 0.514. The lowest BCUT2D eigenvalue weighted by atomic mass is 9.91. The van der Waals surface area contributed by atoms with Crippen molar-refractivity contribution in [1.82, 2.24) is 4.98 Å². The van der Waals surface area contributed by atoms with E-state index in [2.05, 4.69) is 33.9 Å². The molecule has 2 nitrogen and oxygen atoms in total. The first-order chi connectivity index (χ1) is 9.04. The lowest BCUT2D eigenvalue weighted by Crippen LogP contribution is -2.25. The highest BCUT2D eigenvalue weighted by atomic mass is 79.9. The van der Waals surface area contributed by atoms with Crippen LogP contribution >= 0.6 is 15.9 Å². The van der Waals surface area contributed by atoms with Gasteiger partial charge in [-0.3, -0.25) is 0 Å². The van der Waals surface area contributed by atoms with Gasteiger partial charge in [0, 0.05) is 0 Å². The molecule has 0 aromatic carbocycles. The summed E-state index contributed by atoms with van der Waals surface area (Å²) in [4.78, 5) is 4.49. The maximum absolute atomic E-state index is 10.3. The van der Waals surface area contributed by atoms with Crippen LogP contribution in [0.25, 0.3) is 5.57 Å². The lowest BCUT2D eigenvalue weighted by molar-refractivity contribution is 0.0246. The van der Waals surface area contributed by atoms with Crippen LogP contribution in [0, 0.1) is 0 Å². The molecule has 0 saturated heterocycles. The molecule has 0 fully saturated rings. The van der Waals surface area contributed by atoms with Crippen LogP contribution in [-0.4, -0.2) is 15.7 Å². The minimum Gasteiger partial charge on any atom is -0.390 e. The van der Waals surface area contributed by atoms with Crippen molar-refractivity contribution in [2.45, 2.75) is 58.5 Å². The maximum atomic E-state index is 10.3. The monoisotopic (exact) mass is 325 g/mol. The number of pyridine rings is 1. The average molecular weight is 326 g/mol. The molecule has 0 spiro atoms. The summed E-state index contributed by atoms with van der Waals surface area (Å²) in [5.41, 5.74) is 1.75. The van der Waals surface area contributed by atoms with Gasteiger partial charge in [0.2, 0.25) is 0 Å². The van der Waals surface area contributed by atoms with Gasteiger partial charge >= 0.3 is 0 Å². The van der Waals surface area contributed by atoms with Crippen molar-refractivity contribution >= 4 is 21.5 Å². The zero-order chi connectivity index (χ0) is 14.3. The van der Waals surface area contributed by atoms with Gasteiger partial charge in [-0.2, -0.15) is 0 Å². The van der Waals surface area contributed by atoms with E-state index >= 15 is 0 Å². The predicted octanol–water partition coefficient (Wildman–Crippen LogP) is 4.97. The normalized spacial score (nSPS) is 12.8. The summed E-state index contributed by atoms with van der Waals surface area (Å²) < 4.78 is 0.864. The lowest BCUT2D eigenvalue weighted by Gasteiger charge is -2.24. The van der Waals surface area contributed by atoms with E-state index < -0.39 is 5.60 Å². The molecule has 1 aromatic rings. The number of aliphatic hydroxyl groups is 1. The van der Waals surface area contributed by atoms with Crippen molar-refractivity contribution in [2.24, 2.45) is 0 Å². The molecular formula is C16H24BrNO. The number of nitrogens with zero attached hydrogens (tertiary/aromatic N) is 1. The van der Waals surface area contributed by atoms with E-state index in [0.29, 0.717) is 0 Å². The van der Waals surface area contributed by atoms with Crippen LogP contribution in [0.4, 0.5) is 0 Å². The molecule has 106 valence electrons. The Morgan fingerprint density at radius 1 is 1.32 bits per heavy atom. The molecule has 0 amide bonds. The second-order valence-corrected chi connectivity index (χ2v) is 5.71. The van der Waals surface area contributed by atoms with Gasteiger partial charge in [0.05, 0.1) is 11.3 Å². The van der Waals surface area contributed by atoms with E-state index in [-0.39, 0.29) is 0 Å². The third-order valence-electron chi connectivity index (χ3n) is 3.74. The van der Waals surface area contributed by atoms with E-state index in [1.165, 1.54) is 5.57 Å². The van der Waals surface area contributed by atoms with Gasteiger partial charge < -0.3 is 5.11 Å². The summed E-state index contributed by atoms with van der Waals surface area (Å²) in [6, 6.07) is 5.97. The predicted molar refractivity (Wildman–Crippen MR) is 85.0 cm³/mol. The van der Waals surface area contributed by atoms with E-state index in [0.717, 1.165) is 42.4 Å². The summed E-state index contributed by atoms with van der Waals surface area (Å²) in [7, 11) is 0. The molecule has 19 heavy (non-hydrogen) atoms. The van der Waals surface area contributed by atoms with Crippen LogP contribution in [0.2, 0.25) is 0 Å². The first kappa shape index (κ1) is 16.4. The van der Waals surface area contributed by atoms with Crippen LogP contribution in [0.5, 0.6) is 0 Å². The Labute approximate surface area is 125 Å². The number of hydrogen-bond donors (Lipinski definition) is 1. The van der Waals surface area contributed by atoms with Crippen LogP contribution in [-0.2, 0) is 0 Å². The fourth-order valence-corrected chi connectivity index (χ4v) is 2.48. The Morgan fingerprint density at radius 2 is 2.00 bits per heavy atom. The van der Waals surface area contributed by atoms with Gasteiger partial charge in [-0.25, -0.2) is 4.98 Å². The smallest absolute Gasteiger partial charge is 0.106 e. The molecule has 0 radical (unpaired) electrons.